The molecule has 118 valence electrons. The van der Waals surface area contributed by atoms with Gasteiger partial charge < -0.3 is 15.5 Å². The lowest BCUT2D eigenvalue weighted by atomic mass is 9.82. The smallest absolute Gasteiger partial charge is 0.260 e. The lowest BCUT2D eigenvalue weighted by Gasteiger charge is -2.36. The Kier molecular flexibility index (Phi) is 4.52. The average Bonchev–Trinajstić information content (AvgIpc) is 2.96. The van der Waals surface area contributed by atoms with Crippen molar-refractivity contribution in [2.75, 3.05) is 0 Å². The summed E-state index contributed by atoms with van der Waals surface area (Å²) in [5.74, 6) is -0.0966. The zero-order valence-electron chi connectivity index (χ0n) is 12.0. The van der Waals surface area contributed by atoms with Gasteiger partial charge in [-0.15, -0.1) is 0 Å². The molecule has 4 N–H and O–H groups in total. The van der Waals surface area contributed by atoms with Gasteiger partial charge in [-0.05, 0) is 19.8 Å². The highest BCUT2D eigenvalue weighted by molar-refractivity contribution is 7.89. The fraction of sp³-hybridized carbons (Fsp3) is 0.667. The first-order valence-corrected chi connectivity index (χ1v) is 8.45. The van der Waals surface area contributed by atoms with E-state index in [1.165, 1.54) is 12.5 Å². The molecule has 2 rings (SSSR count). The predicted octanol–water partition coefficient (Wildman–Crippen LogP) is 0.631. The van der Waals surface area contributed by atoms with Crippen LogP contribution in [0.15, 0.2) is 22.7 Å². The number of aromatic nitrogens is 2. The second-order valence-corrected chi connectivity index (χ2v) is 6.91. The van der Waals surface area contributed by atoms with Crippen LogP contribution in [0.25, 0.3) is 0 Å². The van der Waals surface area contributed by atoms with Crippen molar-refractivity contribution in [3.05, 3.63) is 12.5 Å². The van der Waals surface area contributed by atoms with Crippen LogP contribution in [0, 0.1) is 0 Å². The third kappa shape index (κ3) is 3.18. The molecule has 1 aromatic rings. The normalized spacial score (nSPS) is 19.6. The molecular formula is C12H21N5O3S. The van der Waals surface area contributed by atoms with Crippen molar-refractivity contribution in [2.45, 2.75) is 56.1 Å². The van der Waals surface area contributed by atoms with Crippen molar-refractivity contribution in [1.29, 1.82) is 0 Å². The minimum atomic E-state index is -3.82. The van der Waals surface area contributed by atoms with E-state index in [1.54, 1.807) is 4.57 Å². The van der Waals surface area contributed by atoms with E-state index in [-0.39, 0.29) is 10.9 Å². The zero-order valence-corrected chi connectivity index (χ0v) is 12.8. The molecule has 1 saturated carbocycles. The van der Waals surface area contributed by atoms with Gasteiger partial charge in [-0.1, -0.05) is 24.4 Å². The number of nitrogens with two attached hydrogens (primary N) is 1. The molecule has 1 aliphatic rings. The summed E-state index contributed by atoms with van der Waals surface area (Å²) in [7, 11) is -3.82. The number of amidine groups is 1. The molecule has 1 heterocycles. The molecule has 1 fully saturated rings. The molecule has 9 heteroatoms. The summed E-state index contributed by atoms with van der Waals surface area (Å²) in [6.07, 6.45) is 6.60. The number of aryl methyl sites for hydroxylation is 1. The van der Waals surface area contributed by atoms with E-state index in [9.17, 15) is 8.42 Å². The molecule has 0 radical (unpaired) electrons. The molecule has 0 bridgehead atoms. The number of rotatable bonds is 5. The van der Waals surface area contributed by atoms with Crippen LogP contribution in [-0.4, -0.2) is 34.6 Å². The molecule has 0 spiro atoms. The van der Waals surface area contributed by atoms with E-state index >= 15 is 0 Å². The van der Waals surface area contributed by atoms with Gasteiger partial charge in [0.25, 0.3) is 10.0 Å². The highest BCUT2D eigenvalue weighted by Gasteiger charge is 2.41. The molecule has 0 saturated heterocycles. The largest absolute Gasteiger partial charge is 0.409 e. The van der Waals surface area contributed by atoms with Crippen molar-refractivity contribution < 1.29 is 13.6 Å². The van der Waals surface area contributed by atoms with E-state index in [0.717, 1.165) is 19.3 Å². The molecule has 8 nitrogen and oxygen atoms in total. The van der Waals surface area contributed by atoms with Crippen LogP contribution in [0.5, 0.6) is 0 Å². The highest BCUT2D eigenvalue weighted by atomic mass is 32.2. The highest BCUT2D eigenvalue weighted by Crippen LogP contribution is 2.30. The second-order valence-electron chi connectivity index (χ2n) is 5.28. The van der Waals surface area contributed by atoms with E-state index in [1.807, 2.05) is 6.92 Å². The molecule has 21 heavy (non-hydrogen) atoms. The second kappa shape index (κ2) is 6.02. The Balaban J connectivity index is 2.31. The fourth-order valence-electron chi connectivity index (χ4n) is 2.62. The number of oxime groups is 1. The minimum Gasteiger partial charge on any atom is -0.409 e. The van der Waals surface area contributed by atoms with Gasteiger partial charge in [0, 0.05) is 12.7 Å². The summed E-state index contributed by atoms with van der Waals surface area (Å²) < 4.78 is 29.2. The lowest BCUT2D eigenvalue weighted by Crippen LogP contribution is -2.58. The van der Waals surface area contributed by atoms with Gasteiger partial charge in [0.05, 0.1) is 11.9 Å². The van der Waals surface area contributed by atoms with Crippen LogP contribution in [0.2, 0.25) is 0 Å². The molecule has 1 aliphatic carbocycles. The summed E-state index contributed by atoms with van der Waals surface area (Å²) in [4.78, 5) is 3.91. The molecule has 0 aliphatic heterocycles. The molecule has 0 amide bonds. The standard InChI is InChI=1S/C12H21N5O3S/c1-2-17-8-10(14-9-17)21(19,20)16-12(11(13)15-18)6-4-3-5-7-12/h8-9,16,18H,2-7H2,1H3,(H2,13,15). The number of nitrogens with zero attached hydrogens (tertiary/aromatic N) is 3. The van der Waals surface area contributed by atoms with Crippen molar-refractivity contribution in [1.82, 2.24) is 14.3 Å². The topological polar surface area (TPSA) is 123 Å². The number of hydrogen-bond acceptors (Lipinski definition) is 5. The lowest BCUT2D eigenvalue weighted by molar-refractivity contribution is 0.293. The van der Waals surface area contributed by atoms with E-state index in [4.69, 9.17) is 10.9 Å². The first kappa shape index (κ1) is 15.8. The molecule has 1 aromatic heterocycles. The van der Waals surface area contributed by atoms with Crippen molar-refractivity contribution in [3.63, 3.8) is 0 Å². The Morgan fingerprint density at radius 3 is 2.71 bits per heavy atom. The van der Waals surface area contributed by atoms with E-state index in [2.05, 4.69) is 14.9 Å². The van der Waals surface area contributed by atoms with E-state index in [0.29, 0.717) is 19.4 Å². The number of nitrogens with one attached hydrogen (secondary N) is 1. The summed E-state index contributed by atoms with van der Waals surface area (Å²) in [5.41, 5.74) is 4.72. The molecular weight excluding hydrogens is 294 g/mol. The molecule has 0 atom stereocenters. The van der Waals surface area contributed by atoms with Gasteiger partial charge in [-0.2, -0.15) is 4.72 Å². The fourth-order valence-corrected chi connectivity index (χ4v) is 4.01. The molecule has 0 aromatic carbocycles. The maximum Gasteiger partial charge on any atom is 0.260 e. The van der Waals surface area contributed by atoms with Gasteiger partial charge in [-0.3, -0.25) is 0 Å². The number of sulfonamides is 1. The Bertz CT molecular complexity index is 617. The summed E-state index contributed by atoms with van der Waals surface area (Å²) in [5, 5.41) is 11.9. The third-order valence-corrected chi connectivity index (χ3v) is 5.31. The quantitative estimate of drug-likeness (QED) is 0.318. The van der Waals surface area contributed by atoms with Crippen LogP contribution in [0.3, 0.4) is 0 Å². The van der Waals surface area contributed by atoms with Crippen LogP contribution in [-0.2, 0) is 16.6 Å². The zero-order chi connectivity index (χ0) is 15.5. The van der Waals surface area contributed by atoms with Crippen LogP contribution >= 0.6 is 0 Å². The van der Waals surface area contributed by atoms with Crippen molar-refractivity contribution >= 4 is 15.9 Å². The first-order chi connectivity index (χ1) is 9.93. The summed E-state index contributed by atoms with van der Waals surface area (Å²) in [6.45, 7) is 2.53. The first-order valence-electron chi connectivity index (χ1n) is 6.97. The average molecular weight is 315 g/mol. The van der Waals surface area contributed by atoms with Crippen molar-refractivity contribution in [2.24, 2.45) is 10.9 Å². The molecule has 0 unspecified atom stereocenters. The van der Waals surface area contributed by atoms with Gasteiger partial charge in [0.2, 0.25) is 0 Å². The summed E-state index contributed by atoms with van der Waals surface area (Å²) >= 11 is 0. The Morgan fingerprint density at radius 1 is 1.52 bits per heavy atom. The van der Waals surface area contributed by atoms with Gasteiger partial charge in [-0.25, -0.2) is 13.4 Å². The van der Waals surface area contributed by atoms with E-state index < -0.39 is 15.6 Å². The summed E-state index contributed by atoms with van der Waals surface area (Å²) in [6, 6.07) is 0. The van der Waals surface area contributed by atoms with Crippen LogP contribution in [0.1, 0.15) is 39.0 Å². The Labute approximate surface area is 124 Å². The SMILES string of the molecule is CCn1cnc(S(=O)(=O)NC2(C(N)=NO)CCCCC2)c1. The van der Waals surface area contributed by atoms with Gasteiger partial charge in [0.1, 0.15) is 0 Å². The van der Waals surface area contributed by atoms with Gasteiger partial charge in [0.15, 0.2) is 10.9 Å². The van der Waals surface area contributed by atoms with Crippen LogP contribution < -0.4 is 10.5 Å². The van der Waals surface area contributed by atoms with Crippen molar-refractivity contribution in [3.8, 4) is 0 Å². The number of imidazole rings is 1. The third-order valence-electron chi connectivity index (χ3n) is 3.88. The van der Waals surface area contributed by atoms with Crippen LogP contribution in [0.4, 0.5) is 0 Å². The Morgan fingerprint density at radius 2 is 2.19 bits per heavy atom. The maximum atomic E-state index is 12.5. The Hall–Kier alpha value is -1.61. The monoisotopic (exact) mass is 315 g/mol. The minimum absolute atomic E-state index is 0.0555. The number of hydrogen-bond donors (Lipinski definition) is 3. The van der Waals surface area contributed by atoms with Gasteiger partial charge >= 0.3 is 0 Å². The maximum absolute atomic E-state index is 12.5. The predicted molar refractivity (Wildman–Crippen MR) is 77.4 cm³/mol.